The van der Waals surface area contributed by atoms with Gasteiger partial charge in [-0.2, -0.15) is 0 Å². The standard InChI is InChI=1S/C11H16N2O/c14-11-4-3-10(9-12-11)5-8-13-6-1-2-7-13/h3-4,9H,1-2,5-8H2,(H,12,14). The predicted octanol–water partition coefficient (Wildman–Crippen LogP) is 1.01. The lowest BCUT2D eigenvalue weighted by atomic mass is 10.2. The summed E-state index contributed by atoms with van der Waals surface area (Å²) in [4.78, 5) is 16.0. The van der Waals surface area contributed by atoms with Gasteiger partial charge in [0.1, 0.15) is 0 Å². The Balaban J connectivity index is 1.85. The smallest absolute Gasteiger partial charge is 0.247 e. The van der Waals surface area contributed by atoms with Crippen LogP contribution < -0.4 is 5.56 Å². The predicted molar refractivity (Wildman–Crippen MR) is 56.4 cm³/mol. The monoisotopic (exact) mass is 192 g/mol. The Labute approximate surface area is 83.8 Å². The number of H-pyrrole nitrogens is 1. The lowest BCUT2D eigenvalue weighted by molar-refractivity contribution is 0.343. The summed E-state index contributed by atoms with van der Waals surface area (Å²) in [7, 11) is 0. The van der Waals surface area contributed by atoms with Crippen molar-refractivity contribution in [3.8, 4) is 0 Å². The van der Waals surface area contributed by atoms with E-state index in [9.17, 15) is 4.79 Å². The fourth-order valence-corrected chi connectivity index (χ4v) is 1.89. The largest absolute Gasteiger partial charge is 0.329 e. The molecule has 1 aromatic rings. The first-order valence-corrected chi connectivity index (χ1v) is 5.24. The Morgan fingerprint density at radius 2 is 2.07 bits per heavy atom. The van der Waals surface area contributed by atoms with Crippen molar-refractivity contribution in [1.29, 1.82) is 0 Å². The lowest BCUT2D eigenvalue weighted by Gasteiger charge is -2.13. The van der Waals surface area contributed by atoms with Gasteiger partial charge in [-0.15, -0.1) is 0 Å². The average molecular weight is 192 g/mol. The van der Waals surface area contributed by atoms with E-state index in [0.29, 0.717) is 0 Å². The third-order valence-corrected chi connectivity index (χ3v) is 2.76. The van der Waals surface area contributed by atoms with E-state index in [-0.39, 0.29) is 5.56 Å². The molecule has 0 radical (unpaired) electrons. The van der Waals surface area contributed by atoms with Crippen molar-refractivity contribution in [1.82, 2.24) is 9.88 Å². The quantitative estimate of drug-likeness (QED) is 0.776. The fourth-order valence-electron chi connectivity index (χ4n) is 1.89. The Hall–Kier alpha value is -1.09. The maximum atomic E-state index is 10.8. The van der Waals surface area contributed by atoms with Crippen LogP contribution in [0.15, 0.2) is 23.1 Å². The zero-order valence-electron chi connectivity index (χ0n) is 8.33. The highest BCUT2D eigenvalue weighted by Gasteiger charge is 2.10. The molecule has 0 aromatic carbocycles. The molecule has 1 aliphatic rings. The van der Waals surface area contributed by atoms with Crippen LogP contribution in [0.5, 0.6) is 0 Å². The molecule has 1 N–H and O–H groups in total. The van der Waals surface area contributed by atoms with E-state index in [1.54, 1.807) is 6.07 Å². The normalized spacial score (nSPS) is 17.4. The number of likely N-dealkylation sites (tertiary alicyclic amines) is 1. The van der Waals surface area contributed by atoms with Crippen molar-refractivity contribution < 1.29 is 0 Å². The lowest BCUT2D eigenvalue weighted by Crippen LogP contribution is -2.22. The molecule has 76 valence electrons. The van der Waals surface area contributed by atoms with E-state index in [1.165, 1.54) is 31.5 Å². The molecule has 0 spiro atoms. The summed E-state index contributed by atoms with van der Waals surface area (Å²) in [6.07, 6.45) is 5.53. The summed E-state index contributed by atoms with van der Waals surface area (Å²) in [6, 6.07) is 3.51. The third-order valence-electron chi connectivity index (χ3n) is 2.76. The van der Waals surface area contributed by atoms with Crippen molar-refractivity contribution in [3.63, 3.8) is 0 Å². The summed E-state index contributed by atoms with van der Waals surface area (Å²) in [5, 5.41) is 0. The number of nitrogens with one attached hydrogen (secondary N) is 1. The molecule has 14 heavy (non-hydrogen) atoms. The molecule has 1 aromatic heterocycles. The average Bonchev–Trinajstić information content (AvgIpc) is 2.70. The van der Waals surface area contributed by atoms with E-state index in [2.05, 4.69) is 9.88 Å². The number of hydrogen-bond donors (Lipinski definition) is 1. The number of nitrogens with zero attached hydrogens (tertiary/aromatic N) is 1. The van der Waals surface area contributed by atoms with E-state index in [4.69, 9.17) is 0 Å². The molecule has 1 saturated heterocycles. The van der Waals surface area contributed by atoms with Crippen molar-refractivity contribution in [2.45, 2.75) is 19.3 Å². The van der Waals surface area contributed by atoms with Gasteiger partial charge in [-0.25, -0.2) is 0 Å². The number of aromatic nitrogens is 1. The van der Waals surface area contributed by atoms with Crippen molar-refractivity contribution in [2.75, 3.05) is 19.6 Å². The molecule has 0 bridgehead atoms. The molecule has 1 aliphatic heterocycles. The van der Waals surface area contributed by atoms with E-state index < -0.39 is 0 Å². The van der Waals surface area contributed by atoms with Crippen LogP contribution in [-0.2, 0) is 6.42 Å². The van der Waals surface area contributed by atoms with Crippen LogP contribution >= 0.6 is 0 Å². The van der Waals surface area contributed by atoms with Gasteiger partial charge in [0, 0.05) is 18.8 Å². The van der Waals surface area contributed by atoms with Gasteiger partial charge in [-0.1, -0.05) is 6.07 Å². The zero-order chi connectivity index (χ0) is 9.80. The number of hydrogen-bond acceptors (Lipinski definition) is 2. The van der Waals surface area contributed by atoms with Crippen LogP contribution in [0.3, 0.4) is 0 Å². The maximum Gasteiger partial charge on any atom is 0.247 e. The highest BCUT2D eigenvalue weighted by molar-refractivity contribution is 5.08. The highest BCUT2D eigenvalue weighted by atomic mass is 16.1. The Morgan fingerprint density at radius 1 is 1.29 bits per heavy atom. The first-order valence-electron chi connectivity index (χ1n) is 5.24. The summed E-state index contributed by atoms with van der Waals surface area (Å²) in [5.74, 6) is 0. The summed E-state index contributed by atoms with van der Waals surface area (Å²) in [6.45, 7) is 3.60. The van der Waals surface area contributed by atoms with Crippen LogP contribution in [0.25, 0.3) is 0 Å². The third kappa shape index (κ3) is 2.45. The van der Waals surface area contributed by atoms with Crippen LogP contribution in [0.4, 0.5) is 0 Å². The van der Waals surface area contributed by atoms with Gasteiger partial charge in [0.2, 0.25) is 5.56 Å². The van der Waals surface area contributed by atoms with Crippen LogP contribution in [0, 0.1) is 0 Å². The minimum absolute atomic E-state index is 0.0186. The second-order valence-corrected chi connectivity index (χ2v) is 3.86. The maximum absolute atomic E-state index is 10.8. The van der Waals surface area contributed by atoms with Gasteiger partial charge < -0.3 is 9.88 Å². The summed E-state index contributed by atoms with van der Waals surface area (Å²) < 4.78 is 0. The molecule has 0 amide bonds. The second kappa shape index (κ2) is 4.42. The molecule has 0 unspecified atom stereocenters. The van der Waals surface area contributed by atoms with Gasteiger partial charge in [0.05, 0.1) is 0 Å². The minimum atomic E-state index is -0.0186. The number of pyridine rings is 1. The molecule has 0 atom stereocenters. The Morgan fingerprint density at radius 3 is 2.71 bits per heavy atom. The van der Waals surface area contributed by atoms with Crippen LogP contribution in [-0.4, -0.2) is 29.5 Å². The van der Waals surface area contributed by atoms with Crippen molar-refractivity contribution >= 4 is 0 Å². The SMILES string of the molecule is O=c1ccc(CCN2CCCC2)c[nH]1. The fraction of sp³-hybridized carbons (Fsp3) is 0.545. The summed E-state index contributed by atoms with van der Waals surface area (Å²) in [5.41, 5.74) is 1.20. The molecular weight excluding hydrogens is 176 g/mol. The molecular formula is C11H16N2O. The summed E-state index contributed by atoms with van der Waals surface area (Å²) >= 11 is 0. The van der Waals surface area contributed by atoms with Gasteiger partial charge >= 0.3 is 0 Å². The molecule has 2 rings (SSSR count). The first-order chi connectivity index (χ1) is 6.84. The van der Waals surface area contributed by atoms with Gasteiger partial charge in [-0.3, -0.25) is 4.79 Å². The van der Waals surface area contributed by atoms with Gasteiger partial charge in [-0.05, 0) is 37.9 Å². The van der Waals surface area contributed by atoms with E-state index >= 15 is 0 Å². The zero-order valence-corrected chi connectivity index (χ0v) is 8.33. The molecule has 2 heterocycles. The highest BCUT2D eigenvalue weighted by Crippen LogP contribution is 2.08. The topological polar surface area (TPSA) is 36.1 Å². The van der Waals surface area contributed by atoms with Gasteiger partial charge in [0.25, 0.3) is 0 Å². The first kappa shape index (κ1) is 9.46. The van der Waals surface area contributed by atoms with E-state index in [1.807, 2.05) is 12.3 Å². The Kier molecular flexibility index (Phi) is 2.99. The molecule has 0 saturated carbocycles. The van der Waals surface area contributed by atoms with E-state index in [0.717, 1.165) is 13.0 Å². The van der Waals surface area contributed by atoms with Crippen molar-refractivity contribution in [2.24, 2.45) is 0 Å². The molecule has 3 nitrogen and oxygen atoms in total. The van der Waals surface area contributed by atoms with Crippen molar-refractivity contribution in [3.05, 3.63) is 34.2 Å². The van der Waals surface area contributed by atoms with Gasteiger partial charge in [0.15, 0.2) is 0 Å². The molecule has 3 heteroatoms. The van der Waals surface area contributed by atoms with Crippen LogP contribution in [0.1, 0.15) is 18.4 Å². The minimum Gasteiger partial charge on any atom is -0.329 e. The molecule has 1 fully saturated rings. The Bertz CT molecular complexity index is 319. The van der Waals surface area contributed by atoms with Crippen LogP contribution in [0.2, 0.25) is 0 Å². The second-order valence-electron chi connectivity index (χ2n) is 3.86. The number of rotatable bonds is 3. The molecule has 0 aliphatic carbocycles. The number of aromatic amines is 1.